The summed E-state index contributed by atoms with van der Waals surface area (Å²) < 4.78 is 0. The normalized spacial score (nSPS) is 9.08. The minimum absolute atomic E-state index is 0.419. The van der Waals surface area contributed by atoms with Gasteiger partial charge < -0.3 is 0 Å². The van der Waals surface area contributed by atoms with Crippen molar-refractivity contribution in [3.8, 4) is 0 Å². The standard InChI is InChI=1S/C7H7ClN4/c8-7-6(2-1-4-10-7)3-5-11-12-9/h1-2,4H,3,5H2. The molecule has 5 heteroatoms. The zero-order chi connectivity index (χ0) is 8.81. The van der Waals surface area contributed by atoms with E-state index in [0.29, 0.717) is 18.1 Å². The first kappa shape index (κ1) is 8.84. The highest BCUT2D eigenvalue weighted by Crippen LogP contribution is 2.11. The Balaban J connectivity index is 2.62. The van der Waals surface area contributed by atoms with Crippen LogP contribution in [0.3, 0.4) is 0 Å². The zero-order valence-corrected chi connectivity index (χ0v) is 7.07. The minimum atomic E-state index is 0.419. The molecule has 1 rings (SSSR count). The van der Waals surface area contributed by atoms with Crippen molar-refractivity contribution in [1.82, 2.24) is 4.98 Å². The number of halogens is 1. The molecule has 0 aromatic carbocycles. The number of pyridine rings is 1. The van der Waals surface area contributed by atoms with Crippen LogP contribution < -0.4 is 0 Å². The van der Waals surface area contributed by atoms with Crippen LogP contribution in [-0.2, 0) is 6.42 Å². The van der Waals surface area contributed by atoms with E-state index in [1.165, 1.54) is 0 Å². The highest BCUT2D eigenvalue weighted by molar-refractivity contribution is 6.30. The van der Waals surface area contributed by atoms with Gasteiger partial charge in [0.2, 0.25) is 0 Å². The largest absolute Gasteiger partial charge is 0.244 e. The predicted octanol–water partition coefficient (Wildman–Crippen LogP) is 2.59. The lowest BCUT2D eigenvalue weighted by atomic mass is 10.2. The fourth-order valence-electron chi connectivity index (χ4n) is 0.821. The fourth-order valence-corrected chi connectivity index (χ4v) is 1.03. The SMILES string of the molecule is [N-]=[N+]=NCCc1cccnc1Cl. The van der Waals surface area contributed by atoms with Gasteiger partial charge in [-0.1, -0.05) is 22.8 Å². The van der Waals surface area contributed by atoms with Gasteiger partial charge in [-0.2, -0.15) is 0 Å². The second-order valence-corrected chi connectivity index (χ2v) is 2.52. The van der Waals surface area contributed by atoms with Crippen LogP contribution in [0.5, 0.6) is 0 Å². The summed E-state index contributed by atoms with van der Waals surface area (Å²) in [5, 5.41) is 3.88. The van der Waals surface area contributed by atoms with E-state index >= 15 is 0 Å². The van der Waals surface area contributed by atoms with Gasteiger partial charge in [0.25, 0.3) is 0 Å². The molecule has 0 saturated heterocycles. The van der Waals surface area contributed by atoms with Crippen molar-refractivity contribution in [2.45, 2.75) is 6.42 Å². The van der Waals surface area contributed by atoms with Gasteiger partial charge in [-0.05, 0) is 23.6 Å². The molecule has 4 nitrogen and oxygen atoms in total. The summed E-state index contributed by atoms with van der Waals surface area (Å²) in [5.74, 6) is 0. The van der Waals surface area contributed by atoms with Crippen LogP contribution in [0.25, 0.3) is 10.4 Å². The van der Waals surface area contributed by atoms with Crippen LogP contribution in [0.1, 0.15) is 5.56 Å². The van der Waals surface area contributed by atoms with Gasteiger partial charge in [-0.3, -0.25) is 0 Å². The van der Waals surface area contributed by atoms with Crippen LogP contribution in [0.4, 0.5) is 0 Å². The molecule has 1 aromatic heterocycles. The van der Waals surface area contributed by atoms with Gasteiger partial charge in [-0.25, -0.2) is 4.98 Å². The van der Waals surface area contributed by atoms with Gasteiger partial charge >= 0.3 is 0 Å². The number of hydrogen-bond acceptors (Lipinski definition) is 2. The quantitative estimate of drug-likeness (QED) is 0.307. The molecule has 0 aliphatic heterocycles. The Kier molecular flexibility index (Phi) is 3.38. The van der Waals surface area contributed by atoms with Crippen LogP contribution in [0.2, 0.25) is 5.15 Å². The van der Waals surface area contributed by atoms with E-state index in [2.05, 4.69) is 15.0 Å². The van der Waals surface area contributed by atoms with E-state index in [9.17, 15) is 0 Å². The minimum Gasteiger partial charge on any atom is -0.244 e. The number of nitrogens with zero attached hydrogens (tertiary/aromatic N) is 4. The molecule has 0 aliphatic rings. The van der Waals surface area contributed by atoms with Crippen molar-refractivity contribution in [1.29, 1.82) is 0 Å². The Bertz CT molecular complexity index is 306. The molecule has 0 fully saturated rings. The van der Waals surface area contributed by atoms with Crippen molar-refractivity contribution in [2.24, 2.45) is 5.11 Å². The van der Waals surface area contributed by atoms with Crippen molar-refractivity contribution in [3.05, 3.63) is 39.5 Å². The summed E-state index contributed by atoms with van der Waals surface area (Å²) in [6.07, 6.45) is 2.26. The number of aromatic nitrogens is 1. The highest BCUT2D eigenvalue weighted by Gasteiger charge is 1.97. The third kappa shape index (κ3) is 2.42. The van der Waals surface area contributed by atoms with Gasteiger partial charge in [0.05, 0.1) is 0 Å². The highest BCUT2D eigenvalue weighted by atomic mass is 35.5. The average molecular weight is 183 g/mol. The van der Waals surface area contributed by atoms with Gasteiger partial charge in [0.1, 0.15) is 5.15 Å². The smallest absolute Gasteiger partial charge is 0.132 e. The first-order chi connectivity index (χ1) is 5.84. The number of hydrogen-bond donors (Lipinski definition) is 0. The summed E-state index contributed by atoms with van der Waals surface area (Å²) in [5.41, 5.74) is 8.93. The lowest BCUT2D eigenvalue weighted by Gasteiger charge is -1.98. The molecule has 0 radical (unpaired) electrons. The molecule has 12 heavy (non-hydrogen) atoms. The second-order valence-electron chi connectivity index (χ2n) is 2.16. The summed E-state index contributed by atoms with van der Waals surface area (Å²) in [7, 11) is 0. The molecule has 1 aromatic rings. The van der Waals surface area contributed by atoms with Gasteiger partial charge in [0, 0.05) is 17.7 Å². The first-order valence-electron chi connectivity index (χ1n) is 3.45. The topological polar surface area (TPSA) is 61.7 Å². The van der Waals surface area contributed by atoms with Crippen LogP contribution in [-0.4, -0.2) is 11.5 Å². The number of azide groups is 1. The molecular formula is C7H7ClN4. The Morgan fingerprint density at radius 2 is 2.50 bits per heavy atom. The first-order valence-corrected chi connectivity index (χ1v) is 3.82. The molecule has 0 atom stereocenters. The van der Waals surface area contributed by atoms with Crippen LogP contribution >= 0.6 is 11.6 Å². The van der Waals surface area contributed by atoms with E-state index in [1.54, 1.807) is 12.3 Å². The fraction of sp³-hybridized carbons (Fsp3) is 0.286. The van der Waals surface area contributed by atoms with E-state index in [-0.39, 0.29) is 0 Å². The molecule has 0 unspecified atom stereocenters. The maximum absolute atomic E-state index is 8.02. The maximum atomic E-state index is 8.02. The molecular weight excluding hydrogens is 176 g/mol. The predicted molar refractivity (Wildman–Crippen MR) is 47.0 cm³/mol. The van der Waals surface area contributed by atoms with Gasteiger partial charge in [-0.15, -0.1) is 0 Å². The van der Waals surface area contributed by atoms with E-state index in [4.69, 9.17) is 17.1 Å². The van der Waals surface area contributed by atoms with Gasteiger partial charge in [0.15, 0.2) is 0 Å². The Labute approximate surface area is 74.8 Å². The summed E-state index contributed by atoms with van der Waals surface area (Å²) in [6, 6.07) is 3.67. The van der Waals surface area contributed by atoms with E-state index in [1.807, 2.05) is 6.07 Å². The molecule has 0 amide bonds. The lowest BCUT2D eigenvalue weighted by Crippen LogP contribution is -1.90. The molecule has 0 saturated carbocycles. The third-order valence-corrected chi connectivity index (χ3v) is 1.72. The summed E-state index contributed by atoms with van der Waals surface area (Å²) >= 11 is 5.76. The molecule has 0 N–H and O–H groups in total. The summed E-state index contributed by atoms with van der Waals surface area (Å²) in [4.78, 5) is 6.53. The molecule has 0 bridgehead atoms. The Morgan fingerprint density at radius 3 is 3.17 bits per heavy atom. The maximum Gasteiger partial charge on any atom is 0.132 e. The lowest BCUT2D eigenvalue weighted by molar-refractivity contribution is 0.947. The van der Waals surface area contributed by atoms with Crippen molar-refractivity contribution < 1.29 is 0 Å². The van der Waals surface area contributed by atoms with Crippen molar-refractivity contribution in [3.63, 3.8) is 0 Å². The molecule has 1 heterocycles. The van der Waals surface area contributed by atoms with Crippen molar-refractivity contribution >= 4 is 11.6 Å². The Hall–Kier alpha value is -1.25. The van der Waals surface area contributed by atoms with Crippen molar-refractivity contribution in [2.75, 3.05) is 6.54 Å². The van der Waals surface area contributed by atoms with Crippen LogP contribution in [0.15, 0.2) is 23.4 Å². The van der Waals surface area contributed by atoms with E-state index < -0.39 is 0 Å². The summed E-state index contributed by atoms with van der Waals surface area (Å²) in [6.45, 7) is 0.419. The van der Waals surface area contributed by atoms with Crippen LogP contribution in [0, 0.1) is 0 Å². The molecule has 0 aliphatic carbocycles. The third-order valence-electron chi connectivity index (χ3n) is 1.38. The Morgan fingerprint density at radius 1 is 1.67 bits per heavy atom. The van der Waals surface area contributed by atoms with E-state index in [0.717, 1.165) is 5.56 Å². The zero-order valence-electron chi connectivity index (χ0n) is 6.31. The average Bonchev–Trinajstić information content (AvgIpc) is 2.09. The molecule has 0 spiro atoms. The monoisotopic (exact) mass is 182 g/mol. The second kappa shape index (κ2) is 4.59. The molecule has 62 valence electrons. The number of rotatable bonds is 3.